The van der Waals surface area contributed by atoms with Gasteiger partial charge < -0.3 is 4.98 Å². The highest BCUT2D eigenvalue weighted by atomic mass is 32.1. The molecule has 0 aliphatic rings. The van der Waals surface area contributed by atoms with E-state index in [-0.39, 0.29) is 16.0 Å². The maximum absolute atomic E-state index is 14.2. The van der Waals surface area contributed by atoms with Gasteiger partial charge in [0.2, 0.25) is 0 Å². The first-order valence-electron chi connectivity index (χ1n) is 6.42. The van der Waals surface area contributed by atoms with E-state index in [1.807, 2.05) is 13.8 Å². The van der Waals surface area contributed by atoms with Crippen LogP contribution in [0.5, 0.6) is 0 Å². The molecule has 0 aliphatic carbocycles. The highest BCUT2D eigenvalue weighted by Gasteiger charge is 2.17. The van der Waals surface area contributed by atoms with Crippen molar-refractivity contribution in [2.24, 2.45) is 0 Å². The summed E-state index contributed by atoms with van der Waals surface area (Å²) in [7, 11) is 0. The van der Waals surface area contributed by atoms with Crippen molar-refractivity contribution < 1.29 is 4.39 Å². The molecular formula is C15H13FN2OS2. The number of H-pyrrole nitrogens is 1. The SMILES string of the molecule is Cc1cccc(F)c1-n1c(=S)[nH]c2sc(C)c(C)c2c1=O. The number of aryl methyl sites for hydroxylation is 3. The van der Waals surface area contributed by atoms with Gasteiger partial charge in [-0.25, -0.2) is 8.96 Å². The number of thiophene rings is 1. The number of benzene rings is 1. The lowest BCUT2D eigenvalue weighted by atomic mass is 10.2. The van der Waals surface area contributed by atoms with E-state index in [9.17, 15) is 9.18 Å². The molecular weight excluding hydrogens is 307 g/mol. The Labute approximate surface area is 129 Å². The fourth-order valence-electron chi connectivity index (χ4n) is 2.44. The normalized spacial score (nSPS) is 11.2. The summed E-state index contributed by atoms with van der Waals surface area (Å²) in [4.78, 5) is 17.6. The summed E-state index contributed by atoms with van der Waals surface area (Å²) in [6, 6.07) is 4.71. The molecule has 21 heavy (non-hydrogen) atoms. The summed E-state index contributed by atoms with van der Waals surface area (Å²) >= 11 is 6.76. The van der Waals surface area contributed by atoms with E-state index in [2.05, 4.69) is 4.98 Å². The monoisotopic (exact) mass is 320 g/mol. The Kier molecular flexibility index (Phi) is 3.30. The topological polar surface area (TPSA) is 37.8 Å². The molecule has 6 heteroatoms. The third-order valence-corrected chi connectivity index (χ3v) is 5.05. The second-order valence-corrected chi connectivity index (χ2v) is 6.57. The Balaban J connectivity index is 2.53. The summed E-state index contributed by atoms with van der Waals surface area (Å²) in [6.45, 7) is 5.61. The first-order chi connectivity index (χ1) is 9.91. The summed E-state index contributed by atoms with van der Waals surface area (Å²) in [5.41, 5.74) is 1.52. The van der Waals surface area contributed by atoms with Gasteiger partial charge in [-0.2, -0.15) is 0 Å². The fraction of sp³-hybridized carbons (Fsp3) is 0.200. The van der Waals surface area contributed by atoms with Crippen molar-refractivity contribution in [3.8, 4) is 5.69 Å². The summed E-state index contributed by atoms with van der Waals surface area (Å²) in [5, 5.41) is 0.578. The van der Waals surface area contributed by atoms with Gasteiger partial charge in [0.15, 0.2) is 4.77 Å². The van der Waals surface area contributed by atoms with Crippen molar-refractivity contribution >= 4 is 33.8 Å². The minimum absolute atomic E-state index is 0.210. The van der Waals surface area contributed by atoms with Gasteiger partial charge in [0.05, 0.1) is 11.1 Å². The smallest absolute Gasteiger partial charge is 0.268 e. The molecule has 0 spiro atoms. The van der Waals surface area contributed by atoms with Crippen LogP contribution in [0, 0.1) is 31.4 Å². The molecule has 1 aromatic carbocycles. The van der Waals surface area contributed by atoms with Gasteiger partial charge in [-0.3, -0.25) is 4.79 Å². The van der Waals surface area contributed by atoms with E-state index < -0.39 is 5.82 Å². The van der Waals surface area contributed by atoms with Crippen molar-refractivity contribution in [2.45, 2.75) is 20.8 Å². The van der Waals surface area contributed by atoms with E-state index in [0.717, 1.165) is 15.3 Å². The van der Waals surface area contributed by atoms with Crippen LogP contribution < -0.4 is 5.56 Å². The molecule has 0 saturated carbocycles. The Hall–Kier alpha value is -1.79. The lowest BCUT2D eigenvalue weighted by molar-refractivity contribution is 0.613. The number of nitrogens with one attached hydrogen (secondary N) is 1. The molecule has 0 unspecified atom stereocenters. The fourth-order valence-corrected chi connectivity index (χ4v) is 3.83. The van der Waals surface area contributed by atoms with Gasteiger partial charge in [0.1, 0.15) is 10.6 Å². The second-order valence-electron chi connectivity index (χ2n) is 4.96. The van der Waals surface area contributed by atoms with Gasteiger partial charge in [-0.15, -0.1) is 11.3 Å². The van der Waals surface area contributed by atoms with Crippen LogP contribution in [0.3, 0.4) is 0 Å². The molecule has 0 amide bonds. The zero-order valence-corrected chi connectivity index (χ0v) is 13.4. The molecule has 108 valence electrons. The zero-order valence-electron chi connectivity index (χ0n) is 11.8. The number of fused-ring (bicyclic) bond motifs is 1. The Morgan fingerprint density at radius 1 is 1.29 bits per heavy atom. The molecule has 3 nitrogen and oxygen atoms in total. The number of halogens is 1. The summed E-state index contributed by atoms with van der Waals surface area (Å²) in [5.74, 6) is -0.458. The minimum Gasteiger partial charge on any atom is -0.323 e. The second kappa shape index (κ2) is 4.89. The highest BCUT2D eigenvalue weighted by Crippen LogP contribution is 2.27. The maximum Gasteiger partial charge on any atom is 0.268 e. The molecule has 2 aromatic heterocycles. The van der Waals surface area contributed by atoms with E-state index in [1.165, 1.54) is 22.0 Å². The van der Waals surface area contributed by atoms with Crippen molar-refractivity contribution in [3.63, 3.8) is 0 Å². The Bertz CT molecular complexity index is 961. The van der Waals surface area contributed by atoms with Crippen LogP contribution in [-0.2, 0) is 0 Å². The summed E-state index contributed by atoms with van der Waals surface area (Å²) in [6.07, 6.45) is 0. The van der Waals surface area contributed by atoms with Crippen LogP contribution >= 0.6 is 23.6 Å². The van der Waals surface area contributed by atoms with Crippen LogP contribution in [-0.4, -0.2) is 9.55 Å². The third kappa shape index (κ3) is 2.06. The molecule has 0 aliphatic heterocycles. The molecule has 3 rings (SSSR count). The first kappa shape index (κ1) is 14.2. The van der Waals surface area contributed by atoms with Gasteiger partial charge in [0.25, 0.3) is 5.56 Å². The average Bonchev–Trinajstić information content (AvgIpc) is 2.68. The molecule has 1 N–H and O–H groups in total. The lowest BCUT2D eigenvalue weighted by Gasteiger charge is -2.10. The van der Waals surface area contributed by atoms with Gasteiger partial charge in [-0.1, -0.05) is 12.1 Å². The van der Waals surface area contributed by atoms with Gasteiger partial charge >= 0.3 is 0 Å². The zero-order chi connectivity index (χ0) is 15.3. The Morgan fingerprint density at radius 3 is 2.67 bits per heavy atom. The van der Waals surface area contributed by atoms with Crippen LogP contribution in [0.4, 0.5) is 4.39 Å². The molecule has 3 aromatic rings. The summed E-state index contributed by atoms with van der Waals surface area (Å²) < 4.78 is 15.6. The number of rotatable bonds is 1. The number of hydrogen-bond donors (Lipinski definition) is 1. The molecule has 0 fully saturated rings. The van der Waals surface area contributed by atoms with Crippen molar-refractivity contribution in [2.75, 3.05) is 0 Å². The number of para-hydroxylation sites is 1. The molecule has 0 atom stereocenters. The van der Waals surface area contributed by atoms with Crippen LogP contribution in [0.25, 0.3) is 15.9 Å². The van der Waals surface area contributed by atoms with Crippen LogP contribution in [0.1, 0.15) is 16.0 Å². The van der Waals surface area contributed by atoms with Crippen LogP contribution in [0.15, 0.2) is 23.0 Å². The van der Waals surface area contributed by atoms with Crippen molar-refractivity contribution in [1.82, 2.24) is 9.55 Å². The number of hydrogen-bond acceptors (Lipinski definition) is 3. The molecule has 0 bridgehead atoms. The van der Waals surface area contributed by atoms with E-state index >= 15 is 0 Å². The molecule has 0 radical (unpaired) electrons. The predicted octanol–water partition coefficient (Wildman–Crippen LogP) is 4.17. The number of aromatic amines is 1. The Morgan fingerprint density at radius 2 is 2.00 bits per heavy atom. The number of nitrogens with zero attached hydrogens (tertiary/aromatic N) is 1. The minimum atomic E-state index is -0.458. The quantitative estimate of drug-likeness (QED) is 0.683. The van der Waals surface area contributed by atoms with Crippen LogP contribution in [0.2, 0.25) is 0 Å². The highest BCUT2D eigenvalue weighted by molar-refractivity contribution is 7.71. The van der Waals surface area contributed by atoms with Crippen molar-refractivity contribution in [1.29, 1.82) is 0 Å². The van der Waals surface area contributed by atoms with Gasteiger partial charge in [-0.05, 0) is 50.2 Å². The standard InChI is InChI=1S/C15H13FN2OS2/c1-7-5-4-6-10(16)12(7)18-14(19)11-8(2)9(3)21-13(11)17-15(18)20/h4-6H,1-3H3,(H,17,20). The lowest BCUT2D eigenvalue weighted by Crippen LogP contribution is -2.22. The van der Waals surface area contributed by atoms with E-state index in [4.69, 9.17) is 12.2 Å². The average molecular weight is 320 g/mol. The number of aromatic nitrogens is 2. The van der Waals surface area contributed by atoms with Gasteiger partial charge in [0, 0.05) is 4.88 Å². The molecule has 0 saturated heterocycles. The van der Waals surface area contributed by atoms with E-state index in [1.54, 1.807) is 19.1 Å². The predicted molar refractivity (Wildman–Crippen MR) is 86.8 cm³/mol. The largest absolute Gasteiger partial charge is 0.323 e. The third-order valence-electron chi connectivity index (χ3n) is 3.64. The van der Waals surface area contributed by atoms with Crippen molar-refractivity contribution in [3.05, 3.63) is 55.1 Å². The molecule has 2 heterocycles. The maximum atomic E-state index is 14.2. The first-order valence-corrected chi connectivity index (χ1v) is 7.65. The van der Waals surface area contributed by atoms with E-state index in [0.29, 0.717) is 10.9 Å².